The molecule has 0 saturated heterocycles. The number of carbonyl (C=O) groups is 1. The Morgan fingerprint density at radius 3 is 2.88 bits per heavy atom. The number of carbonyl (C=O) groups excluding carboxylic acids is 1. The fraction of sp³-hybridized carbons (Fsp3) is 0.353. The summed E-state index contributed by atoms with van der Waals surface area (Å²) in [6.45, 7) is 0. The first kappa shape index (κ1) is 15.3. The van der Waals surface area contributed by atoms with Gasteiger partial charge in [0.2, 0.25) is 5.95 Å². The molecule has 3 aromatic rings. The molecule has 8 heteroatoms. The molecule has 1 fully saturated rings. The number of nitrogens with zero attached hydrogens (tertiary/aromatic N) is 5. The number of imidazole rings is 1. The lowest BCUT2D eigenvalue weighted by atomic mass is 9.87. The molecule has 0 radical (unpaired) electrons. The van der Waals surface area contributed by atoms with Crippen molar-refractivity contribution < 1.29 is 4.79 Å². The van der Waals surface area contributed by atoms with Crippen molar-refractivity contribution in [1.82, 2.24) is 29.8 Å². The van der Waals surface area contributed by atoms with Gasteiger partial charge < -0.3 is 10.3 Å². The number of H-pyrrole nitrogens is 1. The van der Waals surface area contributed by atoms with Gasteiger partial charge in [0.1, 0.15) is 6.33 Å². The molecule has 1 aliphatic rings. The molecule has 0 spiro atoms. The number of nitrogens with one attached hydrogen (secondary N) is 2. The van der Waals surface area contributed by atoms with E-state index in [0.717, 1.165) is 25.7 Å². The summed E-state index contributed by atoms with van der Waals surface area (Å²) in [6, 6.07) is 4.20. The zero-order valence-corrected chi connectivity index (χ0v) is 13.5. The Hall–Kier alpha value is -3.21. The third-order valence-electron chi connectivity index (χ3n) is 4.59. The highest BCUT2D eigenvalue weighted by atomic mass is 16.2. The minimum absolute atomic E-state index is 0.0776. The third kappa shape index (κ3) is 2.96. The van der Waals surface area contributed by atoms with E-state index in [1.165, 1.54) is 0 Å². The number of hydrogen-bond acceptors (Lipinski definition) is 5. The molecule has 0 bridgehead atoms. The van der Waals surface area contributed by atoms with Crippen molar-refractivity contribution in [1.29, 1.82) is 5.26 Å². The van der Waals surface area contributed by atoms with Crippen molar-refractivity contribution in [2.24, 2.45) is 5.92 Å². The fourth-order valence-electron chi connectivity index (χ4n) is 3.21. The predicted octanol–water partition coefficient (Wildman–Crippen LogP) is 1.96. The van der Waals surface area contributed by atoms with Crippen molar-refractivity contribution in [2.45, 2.75) is 31.7 Å². The Labute approximate surface area is 143 Å². The van der Waals surface area contributed by atoms with E-state index < -0.39 is 0 Å². The Morgan fingerprint density at radius 1 is 1.32 bits per heavy atom. The maximum atomic E-state index is 12.8. The van der Waals surface area contributed by atoms with Crippen molar-refractivity contribution in [3.05, 3.63) is 36.7 Å². The highest BCUT2D eigenvalue weighted by molar-refractivity contribution is 6.03. The predicted molar refractivity (Wildman–Crippen MR) is 89.8 cm³/mol. The zero-order chi connectivity index (χ0) is 17.2. The van der Waals surface area contributed by atoms with Crippen LogP contribution in [-0.2, 0) is 0 Å². The molecule has 4 rings (SSSR count). The number of rotatable bonds is 3. The summed E-state index contributed by atoms with van der Waals surface area (Å²) >= 11 is 0. The maximum absolute atomic E-state index is 12.8. The molecule has 126 valence electrons. The molecule has 0 aromatic carbocycles. The summed E-state index contributed by atoms with van der Waals surface area (Å²) < 4.78 is 1.67. The molecule has 0 aliphatic heterocycles. The Morgan fingerprint density at radius 2 is 2.16 bits per heavy atom. The standard InChI is InChI=1S/C17H17N7O/c18-9-11-1-3-12(4-2-11)21-16(25)15-14-13(5-6-20-14)22-17(23-15)24-8-7-19-10-24/h5-8,10-12,20H,1-4H2,(H,21,25)/t11-,12-. The first-order valence-electron chi connectivity index (χ1n) is 8.28. The average Bonchev–Trinajstić information content (AvgIpc) is 3.32. The zero-order valence-electron chi connectivity index (χ0n) is 13.5. The van der Waals surface area contributed by atoms with Crippen LogP contribution in [0, 0.1) is 17.2 Å². The first-order chi connectivity index (χ1) is 12.2. The summed E-state index contributed by atoms with van der Waals surface area (Å²) in [5, 5.41) is 12.0. The van der Waals surface area contributed by atoms with Gasteiger partial charge >= 0.3 is 0 Å². The number of nitriles is 1. The second kappa shape index (κ2) is 6.36. The van der Waals surface area contributed by atoms with Crippen LogP contribution in [0.1, 0.15) is 36.2 Å². The number of amides is 1. The number of aromatic nitrogens is 5. The molecule has 0 unspecified atom stereocenters. The average molecular weight is 335 g/mol. The van der Waals surface area contributed by atoms with Gasteiger partial charge in [-0.2, -0.15) is 5.26 Å². The van der Waals surface area contributed by atoms with E-state index in [2.05, 4.69) is 31.3 Å². The van der Waals surface area contributed by atoms with E-state index >= 15 is 0 Å². The molecular weight excluding hydrogens is 318 g/mol. The second-order valence-electron chi connectivity index (χ2n) is 6.23. The van der Waals surface area contributed by atoms with Gasteiger partial charge in [0.05, 0.1) is 17.1 Å². The van der Waals surface area contributed by atoms with Crippen molar-refractivity contribution in [3.8, 4) is 12.0 Å². The van der Waals surface area contributed by atoms with Gasteiger partial charge in [-0.3, -0.25) is 9.36 Å². The summed E-state index contributed by atoms with van der Waals surface area (Å²) in [7, 11) is 0. The van der Waals surface area contributed by atoms with E-state index in [-0.39, 0.29) is 17.9 Å². The molecule has 8 nitrogen and oxygen atoms in total. The van der Waals surface area contributed by atoms with Crippen LogP contribution in [0.4, 0.5) is 0 Å². The summed E-state index contributed by atoms with van der Waals surface area (Å²) in [4.78, 5) is 28.7. The van der Waals surface area contributed by atoms with E-state index in [1.54, 1.807) is 29.5 Å². The largest absolute Gasteiger partial charge is 0.358 e. The van der Waals surface area contributed by atoms with Gasteiger partial charge in [0.15, 0.2) is 5.69 Å². The monoisotopic (exact) mass is 335 g/mol. The van der Waals surface area contributed by atoms with Crippen molar-refractivity contribution >= 4 is 16.9 Å². The van der Waals surface area contributed by atoms with Gasteiger partial charge in [0.25, 0.3) is 5.91 Å². The lowest BCUT2D eigenvalue weighted by molar-refractivity contribution is 0.0921. The van der Waals surface area contributed by atoms with Crippen LogP contribution < -0.4 is 5.32 Å². The summed E-state index contributed by atoms with van der Waals surface area (Å²) in [5.74, 6) is 0.287. The summed E-state index contributed by atoms with van der Waals surface area (Å²) in [5.41, 5.74) is 1.62. The van der Waals surface area contributed by atoms with Crippen LogP contribution in [0.5, 0.6) is 0 Å². The van der Waals surface area contributed by atoms with E-state index in [0.29, 0.717) is 22.7 Å². The SMILES string of the molecule is N#C[C@H]1CC[C@H](NC(=O)c2nc(-n3ccnc3)nc3cc[nH]c23)CC1. The highest BCUT2D eigenvalue weighted by Gasteiger charge is 2.24. The minimum Gasteiger partial charge on any atom is -0.358 e. The van der Waals surface area contributed by atoms with Gasteiger partial charge in [-0.15, -0.1) is 0 Å². The lowest BCUT2D eigenvalue weighted by Gasteiger charge is -2.25. The molecular formula is C17H17N7O. The van der Waals surface area contributed by atoms with E-state index in [1.807, 2.05) is 6.07 Å². The van der Waals surface area contributed by atoms with Crippen molar-refractivity contribution in [3.63, 3.8) is 0 Å². The maximum Gasteiger partial charge on any atom is 0.272 e. The minimum atomic E-state index is -0.225. The number of fused-ring (bicyclic) bond motifs is 1. The molecule has 0 atom stereocenters. The quantitative estimate of drug-likeness (QED) is 0.760. The molecule has 1 aliphatic carbocycles. The van der Waals surface area contributed by atoms with Gasteiger partial charge in [-0.05, 0) is 31.7 Å². The molecule has 1 amide bonds. The highest BCUT2D eigenvalue weighted by Crippen LogP contribution is 2.24. The van der Waals surface area contributed by atoms with Gasteiger partial charge in [-0.25, -0.2) is 15.0 Å². The molecule has 3 aromatic heterocycles. The van der Waals surface area contributed by atoms with Gasteiger partial charge in [-0.1, -0.05) is 0 Å². The van der Waals surface area contributed by atoms with Crippen LogP contribution >= 0.6 is 0 Å². The number of hydrogen-bond donors (Lipinski definition) is 2. The van der Waals surface area contributed by atoms with Crippen LogP contribution in [0.25, 0.3) is 17.0 Å². The Balaban J connectivity index is 1.61. The van der Waals surface area contributed by atoms with Crippen molar-refractivity contribution in [2.75, 3.05) is 0 Å². The summed E-state index contributed by atoms with van der Waals surface area (Å²) in [6.07, 6.45) is 9.99. The van der Waals surface area contributed by atoms with E-state index in [9.17, 15) is 4.79 Å². The second-order valence-corrected chi connectivity index (χ2v) is 6.23. The topological polar surface area (TPSA) is 112 Å². The molecule has 1 saturated carbocycles. The number of aromatic amines is 1. The Kier molecular flexibility index (Phi) is 3.90. The van der Waals surface area contributed by atoms with Gasteiger partial charge in [0, 0.05) is 30.6 Å². The normalized spacial score (nSPS) is 20.3. The van der Waals surface area contributed by atoms with Crippen LogP contribution in [0.2, 0.25) is 0 Å². The Bertz CT molecular complexity index is 930. The van der Waals surface area contributed by atoms with Crippen LogP contribution in [0.15, 0.2) is 31.0 Å². The lowest BCUT2D eigenvalue weighted by Crippen LogP contribution is -2.38. The van der Waals surface area contributed by atoms with E-state index in [4.69, 9.17) is 5.26 Å². The third-order valence-corrected chi connectivity index (χ3v) is 4.59. The van der Waals surface area contributed by atoms with Crippen LogP contribution in [-0.4, -0.2) is 36.5 Å². The molecule has 3 heterocycles. The fourth-order valence-corrected chi connectivity index (χ4v) is 3.21. The first-order valence-corrected chi connectivity index (χ1v) is 8.28. The smallest absolute Gasteiger partial charge is 0.272 e. The molecule has 2 N–H and O–H groups in total. The molecule has 25 heavy (non-hydrogen) atoms. The van der Waals surface area contributed by atoms with Crippen LogP contribution in [0.3, 0.4) is 0 Å².